The fourth-order valence-corrected chi connectivity index (χ4v) is 4.01. The van der Waals surface area contributed by atoms with E-state index in [4.69, 9.17) is 0 Å². The molecule has 4 atom stereocenters. The summed E-state index contributed by atoms with van der Waals surface area (Å²) in [7, 11) is 2.18. The highest BCUT2D eigenvalue weighted by Crippen LogP contribution is 2.22. The summed E-state index contributed by atoms with van der Waals surface area (Å²) in [6.45, 7) is 0. The number of hydrogen-bond acceptors (Lipinski definition) is 2. The molecule has 0 spiro atoms. The maximum absolute atomic E-state index is 12.5. The van der Waals surface area contributed by atoms with E-state index in [9.17, 15) is 9.90 Å². The quantitative estimate of drug-likeness (QED) is 0.795. The Labute approximate surface area is 150 Å². The van der Waals surface area contributed by atoms with Crippen LogP contribution in [-0.2, 0) is 0 Å². The van der Waals surface area contributed by atoms with E-state index in [0.29, 0.717) is 18.5 Å². The molecule has 2 N–H and O–H groups in total. The SMILES string of the molecule is C[NH+]1[C@H](CC(=O)c2ccccc2)CCC[C@H]1C[C@@H](O)c1ccccc1. The Morgan fingerprint density at radius 3 is 2.32 bits per heavy atom. The van der Waals surface area contributed by atoms with Crippen LogP contribution in [0.25, 0.3) is 0 Å². The molecule has 1 aliphatic heterocycles. The van der Waals surface area contributed by atoms with Crippen molar-refractivity contribution in [3.05, 3.63) is 71.8 Å². The van der Waals surface area contributed by atoms with Gasteiger partial charge in [-0.15, -0.1) is 0 Å². The summed E-state index contributed by atoms with van der Waals surface area (Å²) in [5.41, 5.74) is 1.79. The minimum absolute atomic E-state index is 0.231. The number of carbonyl (C=O) groups is 1. The number of rotatable bonds is 6. The van der Waals surface area contributed by atoms with E-state index < -0.39 is 6.10 Å². The van der Waals surface area contributed by atoms with E-state index in [2.05, 4.69) is 7.05 Å². The second-order valence-corrected chi connectivity index (χ2v) is 7.22. The van der Waals surface area contributed by atoms with Crippen LogP contribution in [0.15, 0.2) is 60.7 Å². The van der Waals surface area contributed by atoms with Crippen LogP contribution in [0.1, 0.15) is 54.1 Å². The lowest BCUT2D eigenvalue weighted by Crippen LogP contribution is -3.17. The number of quaternary nitrogens is 1. The highest BCUT2D eigenvalue weighted by atomic mass is 16.3. The van der Waals surface area contributed by atoms with E-state index in [0.717, 1.165) is 36.8 Å². The Kier molecular flexibility index (Phi) is 6.00. The molecule has 2 aromatic rings. The van der Waals surface area contributed by atoms with E-state index in [-0.39, 0.29) is 5.78 Å². The molecule has 3 rings (SSSR count). The fraction of sp³-hybridized carbons (Fsp3) is 0.409. The first-order chi connectivity index (χ1) is 12.1. The summed E-state index contributed by atoms with van der Waals surface area (Å²) < 4.78 is 0. The topological polar surface area (TPSA) is 41.7 Å². The molecule has 132 valence electrons. The van der Waals surface area contributed by atoms with Crippen LogP contribution in [0, 0.1) is 0 Å². The number of hydrogen-bond donors (Lipinski definition) is 2. The normalized spacial score (nSPS) is 24.6. The minimum atomic E-state index is -0.426. The molecular weight excluding hydrogens is 310 g/mol. The molecule has 1 aliphatic rings. The zero-order valence-electron chi connectivity index (χ0n) is 14.9. The van der Waals surface area contributed by atoms with Gasteiger partial charge in [0.1, 0.15) is 0 Å². The molecule has 1 saturated heterocycles. The van der Waals surface area contributed by atoms with Crippen molar-refractivity contribution in [2.45, 2.75) is 50.3 Å². The van der Waals surface area contributed by atoms with Gasteiger partial charge in [-0.3, -0.25) is 4.79 Å². The number of benzene rings is 2. The Hall–Kier alpha value is -1.97. The second-order valence-electron chi connectivity index (χ2n) is 7.22. The van der Waals surface area contributed by atoms with Crippen molar-refractivity contribution in [2.75, 3.05) is 7.05 Å². The molecular formula is C22H28NO2+. The molecule has 1 fully saturated rings. The van der Waals surface area contributed by atoms with E-state index in [1.54, 1.807) is 0 Å². The number of ketones is 1. The third-order valence-electron chi connectivity index (χ3n) is 5.61. The molecule has 0 aliphatic carbocycles. The van der Waals surface area contributed by atoms with Crippen LogP contribution in [-0.4, -0.2) is 30.0 Å². The Balaban J connectivity index is 1.61. The van der Waals surface area contributed by atoms with Crippen molar-refractivity contribution < 1.29 is 14.8 Å². The molecule has 25 heavy (non-hydrogen) atoms. The summed E-state index contributed by atoms with van der Waals surface area (Å²) in [4.78, 5) is 13.9. The molecule has 2 aromatic carbocycles. The lowest BCUT2D eigenvalue weighted by atomic mass is 9.88. The molecule has 3 nitrogen and oxygen atoms in total. The average Bonchev–Trinajstić information content (AvgIpc) is 2.66. The Bertz CT molecular complexity index is 671. The third kappa shape index (κ3) is 4.56. The van der Waals surface area contributed by atoms with Gasteiger partial charge in [0, 0.05) is 18.4 Å². The molecule has 0 radical (unpaired) electrons. The van der Waals surface area contributed by atoms with Crippen molar-refractivity contribution in [2.24, 2.45) is 0 Å². The van der Waals surface area contributed by atoms with E-state index in [1.165, 1.54) is 4.90 Å². The first kappa shape index (κ1) is 17.8. The zero-order chi connectivity index (χ0) is 17.6. The molecule has 0 aromatic heterocycles. The van der Waals surface area contributed by atoms with Gasteiger partial charge in [-0.25, -0.2) is 0 Å². The number of nitrogens with one attached hydrogen (secondary N) is 1. The predicted molar refractivity (Wildman–Crippen MR) is 99.7 cm³/mol. The lowest BCUT2D eigenvalue weighted by Gasteiger charge is -2.37. The van der Waals surface area contributed by atoms with Gasteiger partial charge in [-0.1, -0.05) is 60.7 Å². The number of Topliss-reactive ketones (excluding diaryl/α,β-unsaturated/α-hetero) is 1. The Morgan fingerprint density at radius 1 is 1.04 bits per heavy atom. The van der Waals surface area contributed by atoms with E-state index >= 15 is 0 Å². The summed E-state index contributed by atoms with van der Waals surface area (Å²) >= 11 is 0. The van der Waals surface area contributed by atoms with Gasteiger partial charge >= 0.3 is 0 Å². The van der Waals surface area contributed by atoms with Crippen molar-refractivity contribution in [1.29, 1.82) is 0 Å². The maximum atomic E-state index is 12.5. The predicted octanol–water partition coefficient (Wildman–Crippen LogP) is 2.82. The number of carbonyl (C=O) groups excluding carboxylic acids is 1. The highest BCUT2D eigenvalue weighted by molar-refractivity contribution is 5.96. The second kappa shape index (κ2) is 8.41. The summed E-state index contributed by atoms with van der Waals surface area (Å²) in [6, 6.07) is 20.2. The van der Waals surface area contributed by atoms with E-state index in [1.807, 2.05) is 60.7 Å². The zero-order valence-corrected chi connectivity index (χ0v) is 14.9. The number of aliphatic hydroxyl groups excluding tert-OH is 1. The monoisotopic (exact) mass is 338 g/mol. The van der Waals surface area contributed by atoms with Gasteiger partial charge in [0.25, 0.3) is 0 Å². The minimum Gasteiger partial charge on any atom is -0.388 e. The van der Waals surface area contributed by atoms with Crippen molar-refractivity contribution >= 4 is 5.78 Å². The number of likely N-dealkylation sites (tertiary alicyclic amines) is 1. The van der Waals surface area contributed by atoms with Crippen molar-refractivity contribution in [1.82, 2.24) is 0 Å². The highest BCUT2D eigenvalue weighted by Gasteiger charge is 2.34. The molecule has 0 bridgehead atoms. The van der Waals surface area contributed by atoms with Crippen LogP contribution in [0.3, 0.4) is 0 Å². The van der Waals surface area contributed by atoms with Crippen LogP contribution in [0.4, 0.5) is 0 Å². The van der Waals surface area contributed by atoms with Crippen LogP contribution in [0.2, 0.25) is 0 Å². The van der Waals surface area contributed by atoms with Crippen LogP contribution in [0.5, 0.6) is 0 Å². The van der Waals surface area contributed by atoms with Gasteiger partial charge in [0.05, 0.1) is 31.7 Å². The number of aliphatic hydroxyl groups is 1. The van der Waals surface area contributed by atoms with Gasteiger partial charge in [-0.2, -0.15) is 0 Å². The largest absolute Gasteiger partial charge is 0.388 e. The first-order valence-corrected chi connectivity index (χ1v) is 9.29. The maximum Gasteiger partial charge on any atom is 0.168 e. The third-order valence-corrected chi connectivity index (χ3v) is 5.61. The van der Waals surface area contributed by atoms with Gasteiger partial charge in [-0.05, 0) is 18.4 Å². The molecule has 3 heteroatoms. The van der Waals surface area contributed by atoms with Crippen LogP contribution < -0.4 is 4.90 Å². The summed E-state index contributed by atoms with van der Waals surface area (Å²) in [6.07, 6.45) is 4.26. The summed E-state index contributed by atoms with van der Waals surface area (Å²) in [5.74, 6) is 0.231. The Morgan fingerprint density at radius 2 is 1.64 bits per heavy atom. The van der Waals surface area contributed by atoms with Gasteiger partial charge < -0.3 is 10.0 Å². The molecule has 0 saturated carbocycles. The van der Waals surface area contributed by atoms with Crippen molar-refractivity contribution in [3.63, 3.8) is 0 Å². The van der Waals surface area contributed by atoms with Gasteiger partial charge in [0.15, 0.2) is 5.78 Å². The summed E-state index contributed by atoms with van der Waals surface area (Å²) in [5, 5.41) is 10.6. The van der Waals surface area contributed by atoms with Crippen molar-refractivity contribution in [3.8, 4) is 0 Å². The van der Waals surface area contributed by atoms with Crippen LogP contribution >= 0.6 is 0 Å². The van der Waals surface area contributed by atoms with Gasteiger partial charge in [0.2, 0.25) is 0 Å². The smallest absolute Gasteiger partial charge is 0.168 e. The average molecular weight is 338 g/mol. The number of piperidine rings is 1. The molecule has 1 heterocycles. The molecule has 1 unspecified atom stereocenters. The standard InChI is InChI=1S/C22H27NO2/c1-23-19(15-21(24)17-9-4-2-5-10-17)13-8-14-20(23)16-22(25)18-11-6-3-7-12-18/h2-7,9-12,19-21,24H,8,13-16H2,1H3/p+1/t19-,20-,21+/m0/s1. The molecule has 0 amide bonds. The lowest BCUT2D eigenvalue weighted by molar-refractivity contribution is -0.936. The first-order valence-electron chi connectivity index (χ1n) is 9.29. The fourth-order valence-electron chi connectivity index (χ4n) is 4.01.